The first-order chi connectivity index (χ1) is 13.6. The van der Waals surface area contributed by atoms with Crippen LogP contribution in [0.25, 0.3) is 21.9 Å². The van der Waals surface area contributed by atoms with Gasteiger partial charge in [-0.2, -0.15) is 0 Å². The standard InChI is InChI=1S/C20H15BrN4O2S/c21-12-5-7-13(8-6-12)22-16(26)11-25-15-4-2-1-3-14(15)17-18(25)19(27)24-9-10-28-20(24)23-17/h1-8H,9-11H2,(H,22,26). The van der Waals surface area contributed by atoms with Crippen molar-refractivity contribution in [2.45, 2.75) is 18.2 Å². The van der Waals surface area contributed by atoms with E-state index in [4.69, 9.17) is 4.98 Å². The maximum absolute atomic E-state index is 13.1. The Bertz CT molecular complexity index is 1290. The Labute approximate surface area is 172 Å². The molecule has 1 amide bonds. The zero-order valence-corrected chi connectivity index (χ0v) is 17.1. The summed E-state index contributed by atoms with van der Waals surface area (Å²) in [7, 11) is 0. The van der Waals surface area contributed by atoms with Crippen molar-refractivity contribution in [2.24, 2.45) is 0 Å². The van der Waals surface area contributed by atoms with E-state index in [1.165, 1.54) is 0 Å². The molecule has 1 aliphatic rings. The van der Waals surface area contributed by atoms with Crippen molar-refractivity contribution in [3.8, 4) is 0 Å². The lowest BCUT2D eigenvalue weighted by molar-refractivity contribution is -0.116. The number of hydrogen-bond acceptors (Lipinski definition) is 4. The first-order valence-corrected chi connectivity index (χ1v) is 10.6. The number of para-hydroxylation sites is 1. The van der Waals surface area contributed by atoms with E-state index in [-0.39, 0.29) is 18.0 Å². The van der Waals surface area contributed by atoms with Crippen LogP contribution in [0.4, 0.5) is 5.69 Å². The highest BCUT2D eigenvalue weighted by molar-refractivity contribution is 9.10. The van der Waals surface area contributed by atoms with Crippen LogP contribution in [0.1, 0.15) is 0 Å². The summed E-state index contributed by atoms with van der Waals surface area (Å²) in [6.07, 6.45) is 0. The first kappa shape index (κ1) is 17.5. The Kier molecular flexibility index (Phi) is 4.25. The van der Waals surface area contributed by atoms with Gasteiger partial charge in [0.15, 0.2) is 5.16 Å². The molecule has 0 saturated heterocycles. The van der Waals surface area contributed by atoms with Crippen molar-refractivity contribution in [3.05, 3.63) is 63.4 Å². The van der Waals surface area contributed by atoms with Gasteiger partial charge >= 0.3 is 0 Å². The number of benzene rings is 2. The third kappa shape index (κ3) is 2.84. The van der Waals surface area contributed by atoms with Gasteiger partial charge in [-0.1, -0.05) is 45.9 Å². The predicted molar refractivity (Wildman–Crippen MR) is 115 cm³/mol. The summed E-state index contributed by atoms with van der Waals surface area (Å²) in [4.78, 5) is 30.6. The topological polar surface area (TPSA) is 68.9 Å². The second kappa shape index (κ2) is 6.79. The average Bonchev–Trinajstić information content (AvgIpc) is 3.28. The van der Waals surface area contributed by atoms with Crippen molar-refractivity contribution in [3.63, 3.8) is 0 Å². The third-order valence-corrected chi connectivity index (χ3v) is 6.29. The highest BCUT2D eigenvalue weighted by Crippen LogP contribution is 2.30. The number of halogens is 1. The Morgan fingerprint density at radius 2 is 1.96 bits per heavy atom. The van der Waals surface area contributed by atoms with E-state index < -0.39 is 0 Å². The van der Waals surface area contributed by atoms with Gasteiger partial charge in [-0.05, 0) is 30.3 Å². The van der Waals surface area contributed by atoms with Crippen molar-refractivity contribution < 1.29 is 4.79 Å². The van der Waals surface area contributed by atoms with Crippen LogP contribution in [0.5, 0.6) is 0 Å². The van der Waals surface area contributed by atoms with Gasteiger partial charge in [-0.15, -0.1) is 0 Å². The van der Waals surface area contributed by atoms with Crippen LogP contribution in [-0.2, 0) is 17.9 Å². The van der Waals surface area contributed by atoms with E-state index in [0.29, 0.717) is 23.3 Å². The molecule has 3 heterocycles. The van der Waals surface area contributed by atoms with E-state index in [2.05, 4.69) is 21.2 Å². The quantitative estimate of drug-likeness (QED) is 0.477. The molecule has 8 heteroatoms. The van der Waals surface area contributed by atoms with Crippen LogP contribution in [0, 0.1) is 0 Å². The van der Waals surface area contributed by atoms with Gasteiger partial charge in [-0.25, -0.2) is 4.98 Å². The van der Waals surface area contributed by atoms with Gasteiger partial charge in [0.1, 0.15) is 17.6 Å². The Morgan fingerprint density at radius 1 is 1.18 bits per heavy atom. The van der Waals surface area contributed by atoms with Gasteiger partial charge in [0.25, 0.3) is 5.56 Å². The molecule has 0 spiro atoms. The summed E-state index contributed by atoms with van der Waals surface area (Å²) in [6.45, 7) is 0.692. The molecule has 5 rings (SSSR count). The zero-order valence-electron chi connectivity index (χ0n) is 14.7. The molecule has 1 N–H and O–H groups in total. The molecule has 2 aromatic heterocycles. The molecule has 0 atom stereocenters. The average molecular weight is 455 g/mol. The molecule has 1 aliphatic heterocycles. The Balaban J connectivity index is 1.62. The van der Waals surface area contributed by atoms with E-state index in [1.807, 2.05) is 48.5 Å². The lowest BCUT2D eigenvalue weighted by Gasteiger charge is -2.09. The molecule has 0 unspecified atom stereocenters. The molecule has 140 valence electrons. The summed E-state index contributed by atoms with van der Waals surface area (Å²) in [5.74, 6) is 0.654. The van der Waals surface area contributed by atoms with Crippen LogP contribution >= 0.6 is 27.7 Å². The molecular formula is C20H15BrN4O2S. The number of thioether (sulfide) groups is 1. The number of amides is 1. The van der Waals surface area contributed by atoms with Crippen molar-refractivity contribution in [2.75, 3.05) is 11.1 Å². The molecule has 0 aliphatic carbocycles. The number of rotatable bonds is 3. The highest BCUT2D eigenvalue weighted by atomic mass is 79.9. The van der Waals surface area contributed by atoms with Gasteiger partial charge in [-0.3, -0.25) is 14.2 Å². The lowest BCUT2D eigenvalue weighted by atomic mass is 10.2. The minimum Gasteiger partial charge on any atom is -0.325 e. The molecule has 28 heavy (non-hydrogen) atoms. The molecular weight excluding hydrogens is 440 g/mol. The van der Waals surface area contributed by atoms with Crippen LogP contribution in [-0.4, -0.2) is 25.8 Å². The highest BCUT2D eigenvalue weighted by Gasteiger charge is 2.23. The number of fused-ring (bicyclic) bond motifs is 4. The van der Waals surface area contributed by atoms with E-state index in [9.17, 15) is 9.59 Å². The second-order valence-corrected chi connectivity index (χ2v) is 8.53. The maximum atomic E-state index is 13.1. The maximum Gasteiger partial charge on any atom is 0.278 e. The molecule has 0 fully saturated rings. The van der Waals surface area contributed by atoms with Gasteiger partial charge in [0, 0.05) is 27.8 Å². The molecule has 4 aromatic rings. The molecule has 2 aromatic carbocycles. The molecule has 0 bridgehead atoms. The normalized spacial score (nSPS) is 13.2. The largest absolute Gasteiger partial charge is 0.325 e. The number of nitrogens with zero attached hydrogens (tertiary/aromatic N) is 3. The zero-order chi connectivity index (χ0) is 19.3. The molecule has 0 saturated carbocycles. The van der Waals surface area contributed by atoms with Crippen LogP contribution in [0.15, 0.2) is 63.0 Å². The van der Waals surface area contributed by atoms with Crippen molar-refractivity contribution in [1.82, 2.24) is 14.1 Å². The molecule has 6 nitrogen and oxygen atoms in total. The van der Waals surface area contributed by atoms with Crippen LogP contribution in [0.3, 0.4) is 0 Å². The van der Waals surface area contributed by atoms with Crippen molar-refractivity contribution in [1.29, 1.82) is 0 Å². The monoisotopic (exact) mass is 454 g/mol. The fourth-order valence-corrected chi connectivity index (χ4v) is 4.77. The number of carbonyl (C=O) groups excluding carboxylic acids is 1. The summed E-state index contributed by atoms with van der Waals surface area (Å²) in [5, 5.41) is 4.54. The Morgan fingerprint density at radius 3 is 2.79 bits per heavy atom. The van der Waals surface area contributed by atoms with Gasteiger partial charge in [0.2, 0.25) is 5.91 Å². The van der Waals surface area contributed by atoms with Gasteiger partial charge < -0.3 is 9.88 Å². The molecule has 0 radical (unpaired) electrons. The second-order valence-electron chi connectivity index (χ2n) is 6.56. The SMILES string of the molecule is O=C(Cn1c2ccccc2c2nc3n(c(=O)c21)CCS3)Nc1ccc(Br)cc1. The lowest BCUT2D eigenvalue weighted by Crippen LogP contribution is -2.25. The first-order valence-electron chi connectivity index (χ1n) is 8.82. The summed E-state index contributed by atoms with van der Waals surface area (Å²) >= 11 is 4.98. The third-order valence-electron chi connectivity index (χ3n) is 4.81. The Hall–Kier alpha value is -2.58. The summed E-state index contributed by atoms with van der Waals surface area (Å²) < 4.78 is 4.43. The van der Waals surface area contributed by atoms with Gasteiger partial charge in [0.05, 0.1) is 5.52 Å². The predicted octanol–water partition coefficient (Wildman–Crippen LogP) is 3.86. The van der Waals surface area contributed by atoms with Crippen LogP contribution in [0.2, 0.25) is 0 Å². The van der Waals surface area contributed by atoms with E-state index in [1.54, 1.807) is 20.9 Å². The minimum absolute atomic E-state index is 0.0451. The fraction of sp³-hybridized carbons (Fsp3) is 0.150. The number of hydrogen-bond donors (Lipinski definition) is 1. The number of aromatic nitrogens is 3. The summed E-state index contributed by atoms with van der Waals surface area (Å²) in [6, 6.07) is 15.1. The number of carbonyl (C=O) groups is 1. The minimum atomic E-state index is -0.191. The fourth-order valence-electron chi connectivity index (χ4n) is 3.56. The number of anilines is 1. The van der Waals surface area contributed by atoms with E-state index >= 15 is 0 Å². The van der Waals surface area contributed by atoms with Crippen LogP contribution < -0.4 is 10.9 Å². The smallest absolute Gasteiger partial charge is 0.278 e. The summed E-state index contributed by atoms with van der Waals surface area (Å²) in [5.41, 5.74) is 2.61. The van der Waals surface area contributed by atoms with Crippen molar-refractivity contribution >= 4 is 61.2 Å². The van der Waals surface area contributed by atoms with E-state index in [0.717, 1.165) is 26.3 Å². The number of nitrogens with one attached hydrogen (secondary N) is 1.